The second kappa shape index (κ2) is 5.85. The standard InChI is InChI=1S/C14H16N2O3S/c17-13(16-5-7-19-8-6-16)9-12-14(18)15-10-3-1-2-4-11(10)20-12/h1-4,12H,5-9H2,(H,15,18). The van der Waals surface area contributed by atoms with Crippen molar-refractivity contribution in [3.63, 3.8) is 0 Å². The molecule has 1 aromatic carbocycles. The van der Waals surface area contributed by atoms with Crippen LogP contribution < -0.4 is 5.32 Å². The maximum Gasteiger partial charge on any atom is 0.238 e. The van der Waals surface area contributed by atoms with Crippen molar-refractivity contribution in [2.45, 2.75) is 16.6 Å². The molecule has 1 N–H and O–H groups in total. The van der Waals surface area contributed by atoms with E-state index < -0.39 is 0 Å². The van der Waals surface area contributed by atoms with Gasteiger partial charge in [-0.25, -0.2) is 0 Å². The van der Waals surface area contributed by atoms with Crippen molar-refractivity contribution in [1.29, 1.82) is 0 Å². The molecule has 2 aliphatic heterocycles. The van der Waals surface area contributed by atoms with Crippen molar-refractivity contribution in [2.24, 2.45) is 0 Å². The zero-order chi connectivity index (χ0) is 13.9. The van der Waals surface area contributed by atoms with Gasteiger partial charge in [0.1, 0.15) is 0 Å². The van der Waals surface area contributed by atoms with Crippen molar-refractivity contribution < 1.29 is 14.3 Å². The molecule has 20 heavy (non-hydrogen) atoms. The lowest BCUT2D eigenvalue weighted by molar-refractivity contribution is -0.136. The van der Waals surface area contributed by atoms with Crippen LogP contribution in [0, 0.1) is 0 Å². The molecule has 0 aliphatic carbocycles. The minimum atomic E-state index is -0.347. The minimum absolute atomic E-state index is 0.0281. The summed E-state index contributed by atoms with van der Waals surface area (Å²) in [5, 5.41) is 2.52. The lowest BCUT2D eigenvalue weighted by Crippen LogP contribution is -2.43. The van der Waals surface area contributed by atoms with Gasteiger partial charge in [0.05, 0.1) is 24.2 Å². The van der Waals surface area contributed by atoms with E-state index in [1.165, 1.54) is 11.8 Å². The molecule has 1 atom stereocenters. The van der Waals surface area contributed by atoms with Crippen LogP contribution in [0.15, 0.2) is 29.2 Å². The van der Waals surface area contributed by atoms with Crippen LogP contribution in [0.1, 0.15) is 6.42 Å². The van der Waals surface area contributed by atoms with Gasteiger partial charge in [-0.3, -0.25) is 9.59 Å². The molecule has 2 heterocycles. The van der Waals surface area contributed by atoms with E-state index in [1.807, 2.05) is 24.3 Å². The predicted octanol–water partition coefficient (Wildman–Crippen LogP) is 1.35. The van der Waals surface area contributed by atoms with Gasteiger partial charge in [-0.2, -0.15) is 0 Å². The first-order valence-corrected chi connectivity index (χ1v) is 7.54. The van der Waals surface area contributed by atoms with Gasteiger partial charge >= 0.3 is 0 Å². The number of nitrogens with zero attached hydrogens (tertiary/aromatic N) is 1. The average Bonchev–Trinajstić information content (AvgIpc) is 2.49. The highest BCUT2D eigenvalue weighted by molar-refractivity contribution is 8.01. The Bertz CT molecular complexity index is 529. The van der Waals surface area contributed by atoms with Gasteiger partial charge < -0.3 is 15.0 Å². The summed E-state index contributed by atoms with van der Waals surface area (Å²) in [6.45, 7) is 2.40. The van der Waals surface area contributed by atoms with Crippen molar-refractivity contribution in [1.82, 2.24) is 4.90 Å². The van der Waals surface area contributed by atoms with Crippen molar-refractivity contribution in [2.75, 3.05) is 31.6 Å². The fraction of sp³-hybridized carbons (Fsp3) is 0.429. The number of fused-ring (bicyclic) bond motifs is 1. The number of anilines is 1. The zero-order valence-electron chi connectivity index (χ0n) is 11.0. The normalized spacial score (nSPS) is 22.1. The van der Waals surface area contributed by atoms with Crippen molar-refractivity contribution >= 4 is 29.3 Å². The third-order valence-corrected chi connectivity index (χ3v) is 4.71. The van der Waals surface area contributed by atoms with Crippen LogP contribution >= 0.6 is 11.8 Å². The Hall–Kier alpha value is -1.53. The van der Waals surface area contributed by atoms with E-state index in [4.69, 9.17) is 4.74 Å². The second-order valence-electron chi connectivity index (χ2n) is 4.79. The van der Waals surface area contributed by atoms with Crippen LogP contribution in [-0.2, 0) is 14.3 Å². The molecule has 0 saturated carbocycles. The van der Waals surface area contributed by atoms with Gasteiger partial charge in [-0.15, -0.1) is 11.8 Å². The smallest absolute Gasteiger partial charge is 0.238 e. The van der Waals surface area contributed by atoms with E-state index in [0.717, 1.165) is 10.6 Å². The van der Waals surface area contributed by atoms with Crippen molar-refractivity contribution in [3.8, 4) is 0 Å². The summed E-state index contributed by atoms with van der Waals surface area (Å²) in [5.41, 5.74) is 0.831. The van der Waals surface area contributed by atoms with Crippen LogP contribution in [0.4, 0.5) is 5.69 Å². The summed E-state index contributed by atoms with van der Waals surface area (Å²) in [4.78, 5) is 27.0. The third-order valence-electron chi connectivity index (χ3n) is 3.43. The van der Waals surface area contributed by atoms with Gasteiger partial charge in [0, 0.05) is 24.4 Å². The number of hydrogen-bond donors (Lipinski definition) is 1. The summed E-state index contributed by atoms with van der Waals surface area (Å²) in [7, 11) is 0. The number of nitrogens with one attached hydrogen (secondary N) is 1. The first-order chi connectivity index (χ1) is 9.74. The van der Waals surface area contributed by atoms with Gasteiger partial charge in [0.2, 0.25) is 11.8 Å². The number of amides is 2. The van der Waals surface area contributed by atoms with Gasteiger partial charge in [-0.1, -0.05) is 12.1 Å². The Labute approximate surface area is 121 Å². The number of benzene rings is 1. The maximum absolute atomic E-state index is 12.2. The van der Waals surface area contributed by atoms with E-state index in [-0.39, 0.29) is 23.5 Å². The Kier molecular flexibility index (Phi) is 3.93. The monoisotopic (exact) mass is 292 g/mol. The number of carbonyl (C=O) groups is 2. The summed E-state index contributed by atoms with van der Waals surface area (Å²) in [6.07, 6.45) is 0.241. The van der Waals surface area contributed by atoms with Gasteiger partial charge in [0.25, 0.3) is 0 Å². The Morgan fingerprint density at radius 2 is 2.10 bits per heavy atom. The Morgan fingerprint density at radius 1 is 1.35 bits per heavy atom. The number of thioether (sulfide) groups is 1. The molecule has 0 radical (unpaired) electrons. The zero-order valence-corrected chi connectivity index (χ0v) is 11.8. The van der Waals surface area contributed by atoms with Crippen LogP contribution in [0.3, 0.4) is 0 Å². The van der Waals surface area contributed by atoms with Gasteiger partial charge in [-0.05, 0) is 12.1 Å². The highest BCUT2D eigenvalue weighted by Gasteiger charge is 2.30. The predicted molar refractivity (Wildman–Crippen MR) is 76.7 cm³/mol. The number of morpholine rings is 1. The van der Waals surface area contributed by atoms with Gasteiger partial charge in [0.15, 0.2) is 0 Å². The summed E-state index contributed by atoms with van der Waals surface area (Å²) in [5.74, 6) is -0.0596. The number of ether oxygens (including phenoxy) is 1. The van der Waals surface area contributed by atoms with E-state index in [0.29, 0.717) is 26.3 Å². The van der Waals surface area contributed by atoms with E-state index in [2.05, 4.69) is 5.32 Å². The molecule has 0 bridgehead atoms. The van der Waals surface area contributed by atoms with Crippen molar-refractivity contribution in [3.05, 3.63) is 24.3 Å². The number of rotatable bonds is 2. The fourth-order valence-corrected chi connectivity index (χ4v) is 3.43. The fourth-order valence-electron chi connectivity index (χ4n) is 2.33. The largest absolute Gasteiger partial charge is 0.378 e. The minimum Gasteiger partial charge on any atom is -0.378 e. The molecule has 1 unspecified atom stereocenters. The topological polar surface area (TPSA) is 58.6 Å². The maximum atomic E-state index is 12.2. The van der Waals surface area contributed by atoms with Crippen LogP contribution in [0.2, 0.25) is 0 Å². The molecule has 3 rings (SSSR count). The summed E-state index contributed by atoms with van der Waals surface area (Å²) in [6, 6.07) is 7.66. The molecular weight excluding hydrogens is 276 g/mol. The van der Waals surface area contributed by atoms with Crippen LogP contribution in [0.25, 0.3) is 0 Å². The highest BCUT2D eigenvalue weighted by Crippen LogP contribution is 2.36. The number of carbonyl (C=O) groups excluding carboxylic acids is 2. The molecule has 1 saturated heterocycles. The first kappa shape index (κ1) is 13.5. The lowest BCUT2D eigenvalue weighted by Gasteiger charge is -2.29. The lowest BCUT2D eigenvalue weighted by atomic mass is 10.2. The molecule has 2 aliphatic rings. The SMILES string of the molecule is O=C1Nc2ccccc2SC1CC(=O)N1CCOCC1. The molecule has 0 spiro atoms. The summed E-state index contributed by atoms with van der Waals surface area (Å²) < 4.78 is 5.23. The molecule has 1 aromatic rings. The Morgan fingerprint density at radius 3 is 2.90 bits per heavy atom. The molecule has 0 aromatic heterocycles. The van der Waals surface area contributed by atoms with E-state index in [9.17, 15) is 9.59 Å². The summed E-state index contributed by atoms with van der Waals surface area (Å²) >= 11 is 1.47. The molecule has 106 valence electrons. The number of para-hydroxylation sites is 1. The average molecular weight is 292 g/mol. The first-order valence-electron chi connectivity index (χ1n) is 6.66. The molecule has 1 fully saturated rings. The second-order valence-corrected chi connectivity index (χ2v) is 6.03. The highest BCUT2D eigenvalue weighted by atomic mass is 32.2. The quantitative estimate of drug-likeness (QED) is 0.894. The van der Waals surface area contributed by atoms with Crippen LogP contribution in [0.5, 0.6) is 0 Å². The molecule has 6 heteroatoms. The molecule has 5 nitrogen and oxygen atoms in total. The Balaban J connectivity index is 1.66. The third kappa shape index (κ3) is 2.81. The van der Waals surface area contributed by atoms with E-state index >= 15 is 0 Å². The molecular formula is C14H16N2O3S. The molecule has 2 amide bonds. The van der Waals surface area contributed by atoms with Crippen LogP contribution in [-0.4, -0.2) is 48.3 Å². The number of hydrogen-bond acceptors (Lipinski definition) is 4. The van der Waals surface area contributed by atoms with E-state index in [1.54, 1.807) is 4.90 Å².